The Balaban J connectivity index is 1.90. The van der Waals surface area contributed by atoms with Crippen LogP contribution in [0.2, 0.25) is 0 Å². The van der Waals surface area contributed by atoms with E-state index in [0.717, 1.165) is 5.69 Å². The Hall–Kier alpha value is -1.49. The molecule has 0 bridgehead atoms. The summed E-state index contributed by atoms with van der Waals surface area (Å²) >= 11 is 0. The van der Waals surface area contributed by atoms with Crippen molar-refractivity contribution in [2.75, 3.05) is 19.8 Å². The SMILES string of the molecule is Cc1cnc(C(=O)NCC2(C)COC2)cn1. The highest BCUT2D eigenvalue weighted by molar-refractivity contribution is 5.91. The number of ether oxygens (including phenoxy) is 1. The average Bonchev–Trinajstić information content (AvgIpc) is 2.24. The summed E-state index contributed by atoms with van der Waals surface area (Å²) in [7, 11) is 0. The first kappa shape index (κ1) is 11.0. The molecule has 1 saturated heterocycles. The Morgan fingerprint density at radius 2 is 2.25 bits per heavy atom. The first-order chi connectivity index (χ1) is 7.59. The average molecular weight is 221 g/mol. The molecule has 2 rings (SSSR count). The lowest BCUT2D eigenvalue weighted by Gasteiger charge is -2.37. The summed E-state index contributed by atoms with van der Waals surface area (Å²) in [6.07, 6.45) is 3.08. The van der Waals surface area contributed by atoms with Gasteiger partial charge in [-0.3, -0.25) is 9.78 Å². The molecule has 1 aliphatic rings. The Morgan fingerprint density at radius 1 is 1.50 bits per heavy atom. The van der Waals surface area contributed by atoms with E-state index < -0.39 is 0 Å². The van der Waals surface area contributed by atoms with E-state index in [2.05, 4.69) is 22.2 Å². The van der Waals surface area contributed by atoms with Crippen LogP contribution < -0.4 is 5.32 Å². The normalized spacial score (nSPS) is 17.6. The number of carbonyl (C=O) groups is 1. The molecule has 0 unspecified atom stereocenters. The maximum atomic E-state index is 11.7. The van der Waals surface area contributed by atoms with Crippen molar-refractivity contribution in [1.29, 1.82) is 0 Å². The van der Waals surface area contributed by atoms with Gasteiger partial charge in [0.05, 0.1) is 25.1 Å². The molecule has 0 aromatic carbocycles. The quantitative estimate of drug-likeness (QED) is 0.809. The fourth-order valence-corrected chi connectivity index (χ4v) is 1.45. The number of nitrogens with one attached hydrogen (secondary N) is 1. The summed E-state index contributed by atoms with van der Waals surface area (Å²) < 4.78 is 5.11. The highest BCUT2D eigenvalue weighted by atomic mass is 16.5. The largest absolute Gasteiger partial charge is 0.380 e. The van der Waals surface area contributed by atoms with Crippen LogP contribution in [-0.2, 0) is 4.74 Å². The molecule has 1 fully saturated rings. The van der Waals surface area contributed by atoms with Crippen molar-refractivity contribution in [3.63, 3.8) is 0 Å². The fraction of sp³-hybridized carbons (Fsp3) is 0.545. The summed E-state index contributed by atoms with van der Waals surface area (Å²) in [5.74, 6) is -0.180. The molecule has 1 amide bonds. The lowest BCUT2D eigenvalue weighted by atomic mass is 9.89. The van der Waals surface area contributed by atoms with E-state index >= 15 is 0 Å². The van der Waals surface area contributed by atoms with Gasteiger partial charge in [-0.1, -0.05) is 6.92 Å². The molecule has 1 aromatic rings. The standard InChI is InChI=1S/C11H15N3O2/c1-8-3-13-9(4-12-8)10(15)14-5-11(2)6-16-7-11/h3-4H,5-7H2,1-2H3,(H,14,15). The minimum atomic E-state index is -0.180. The Bertz CT molecular complexity index is 385. The number of amides is 1. The minimum absolute atomic E-state index is 0.0772. The second kappa shape index (κ2) is 4.17. The Kier molecular flexibility index (Phi) is 2.87. The maximum Gasteiger partial charge on any atom is 0.271 e. The van der Waals surface area contributed by atoms with Crippen LogP contribution >= 0.6 is 0 Å². The van der Waals surface area contributed by atoms with Crippen LogP contribution in [0.15, 0.2) is 12.4 Å². The molecule has 0 atom stereocenters. The zero-order valence-electron chi connectivity index (χ0n) is 9.49. The summed E-state index contributed by atoms with van der Waals surface area (Å²) in [6, 6.07) is 0. The smallest absolute Gasteiger partial charge is 0.271 e. The number of hydrogen-bond donors (Lipinski definition) is 1. The van der Waals surface area contributed by atoms with Crippen molar-refractivity contribution < 1.29 is 9.53 Å². The van der Waals surface area contributed by atoms with Gasteiger partial charge in [-0.2, -0.15) is 0 Å². The third-order valence-electron chi connectivity index (χ3n) is 2.59. The van der Waals surface area contributed by atoms with Gasteiger partial charge in [-0.25, -0.2) is 4.98 Å². The maximum absolute atomic E-state index is 11.7. The third kappa shape index (κ3) is 2.36. The molecule has 1 N–H and O–H groups in total. The van der Waals surface area contributed by atoms with Gasteiger partial charge in [0.2, 0.25) is 0 Å². The summed E-state index contributed by atoms with van der Waals surface area (Å²) in [6.45, 7) is 5.93. The van der Waals surface area contributed by atoms with E-state index in [1.165, 1.54) is 6.20 Å². The monoisotopic (exact) mass is 221 g/mol. The number of nitrogens with zero attached hydrogens (tertiary/aromatic N) is 2. The van der Waals surface area contributed by atoms with Gasteiger partial charge in [0.1, 0.15) is 5.69 Å². The Morgan fingerprint density at radius 3 is 2.75 bits per heavy atom. The molecule has 1 aliphatic heterocycles. The van der Waals surface area contributed by atoms with Gasteiger partial charge in [-0.05, 0) is 6.92 Å². The van der Waals surface area contributed by atoms with Crippen molar-refractivity contribution >= 4 is 5.91 Å². The zero-order valence-corrected chi connectivity index (χ0v) is 9.49. The predicted molar refractivity (Wildman–Crippen MR) is 58.0 cm³/mol. The van der Waals surface area contributed by atoms with Crippen LogP contribution in [-0.4, -0.2) is 35.6 Å². The molecule has 0 aliphatic carbocycles. The van der Waals surface area contributed by atoms with E-state index in [0.29, 0.717) is 25.5 Å². The number of aromatic nitrogens is 2. The summed E-state index contributed by atoms with van der Waals surface area (Å²) in [4.78, 5) is 19.7. The minimum Gasteiger partial charge on any atom is -0.380 e. The molecule has 2 heterocycles. The van der Waals surface area contributed by atoms with E-state index in [-0.39, 0.29) is 11.3 Å². The molecule has 5 heteroatoms. The van der Waals surface area contributed by atoms with Gasteiger partial charge < -0.3 is 10.1 Å². The number of aryl methyl sites for hydroxylation is 1. The lowest BCUT2D eigenvalue weighted by Crippen LogP contribution is -2.48. The molecule has 0 spiro atoms. The van der Waals surface area contributed by atoms with Gasteiger partial charge >= 0.3 is 0 Å². The van der Waals surface area contributed by atoms with Crippen molar-refractivity contribution in [3.8, 4) is 0 Å². The van der Waals surface area contributed by atoms with Crippen molar-refractivity contribution in [2.45, 2.75) is 13.8 Å². The summed E-state index contributed by atoms with van der Waals surface area (Å²) in [5, 5.41) is 2.84. The van der Waals surface area contributed by atoms with Crippen LogP contribution in [0.3, 0.4) is 0 Å². The number of hydrogen-bond acceptors (Lipinski definition) is 4. The van der Waals surface area contributed by atoms with Crippen LogP contribution in [0.25, 0.3) is 0 Å². The van der Waals surface area contributed by atoms with Gasteiger partial charge in [0, 0.05) is 18.2 Å². The number of carbonyl (C=O) groups excluding carboxylic acids is 1. The predicted octanol–water partition coefficient (Wildman–Crippen LogP) is 0.551. The van der Waals surface area contributed by atoms with Gasteiger partial charge in [-0.15, -0.1) is 0 Å². The molecular formula is C11H15N3O2. The van der Waals surface area contributed by atoms with Gasteiger partial charge in [0.15, 0.2) is 0 Å². The highest BCUT2D eigenvalue weighted by Gasteiger charge is 2.33. The molecular weight excluding hydrogens is 206 g/mol. The van der Waals surface area contributed by atoms with Crippen molar-refractivity contribution in [2.24, 2.45) is 5.41 Å². The first-order valence-electron chi connectivity index (χ1n) is 5.24. The third-order valence-corrected chi connectivity index (χ3v) is 2.59. The number of rotatable bonds is 3. The molecule has 16 heavy (non-hydrogen) atoms. The Labute approximate surface area is 94.2 Å². The van der Waals surface area contributed by atoms with E-state index in [1.807, 2.05) is 6.92 Å². The topological polar surface area (TPSA) is 64.1 Å². The lowest BCUT2D eigenvalue weighted by molar-refractivity contribution is -0.0978. The molecule has 0 radical (unpaired) electrons. The first-order valence-corrected chi connectivity index (χ1v) is 5.24. The summed E-state index contributed by atoms with van der Waals surface area (Å²) in [5.41, 5.74) is 1.23. The fourth-order valence-electron chi connectivity index (χ4n) is 1.45. The van der Waals surface area contributed by atoms with Gasteiger partial charge in [0.25, 0.3) is 5.91 Å². The van der Waals surface area contributed by atoms with Crippen molar-refractivity contribution in [1.82, 2.24) is 15.3 Å². The van der Waals surface area contributed by atoms with Crippen LogP contribution in [0, 0.1) is 12.3 Å². The van der Waals surface area contributed by atoms with Crippen LogP contribution in [0.1, 0.15) is 23.1 Å². The molecule has 5 nitrogen and oxygen atoms in total. The second-order valence-corrected chi connectivity index (χ2v) is 4.53. The molecule has 1 aromatic heterocycles. The van der Waals surface area contributed by atoms with Crippen LogP contribution in [0.4, 0.5) is 0 Å². The second-order valence-electron chi connectivity index (χ2n) is 4.53. The van der Waals surface area contributed by atoms with E-state index in [1.54, 1.807) is 6.20 Å². The highest BCUT2D eigenvalue weighted by Crippen LogP contribution is 2.25. The van der Waals surface area contributed by atoms with E-state index in [9.17, 15) is 4.79 Å². The molecule has 86 valence electrons. The van der Waals surface area contributed by atoms with Crippen molar-refractivity contribution in [3.05, 3.63) is 23.8 Å². The molecule has 0 saturated carbocycles. The zero-order chi connectivity index (χ0) is 11.6. The van der Waals surface area contributed by atoms with E-state index in [4.69, 9.17) is 4.74 Å². The van der Waals surface area contributed by atoms with Crippen LogP contribution in [0.5, 0.6) is 0 Å².